The molecule has 2 aromatic rings. The Morgan fingerprint density at radius 3 is 2.41 bits per heavy atom. The molecule has 2 aliphatic heterocycles. The van der Waals surface area contributed by atoms with E-state index in [1.165, 1.54) is 15.5 Å². The van der Waals surface area contributed by atoms with Crippen LogP contribution in [0.2, 0.25) is 0 Å². The minimum Gasteiger partial charge on any atom is -0.450 e. The van der Waals surface area contributed by atoms with Gasteiger partial charge in [-0.3, -0.25) is 14.2 Å². The summed E-state index contributed by atoms with van der Waals surface area (Å²) in [5, 5.41) is 0.0106. The molecule has 0 N–H and O–H groups in total. The van der Waals surface area contributed by atoms with E-state index in [1.54, 1.807) is 18.7 Å². The van der Waals surface area contributed by atoms with Gasteiger partial charge in [0.15, 0.2) is 0 Å². The fourth-order valence-corrected chi connectivity index (χ4v) is 7.13. The lowest BCUT2D eigenvalue weighted by atomic mass is 10.3. The second-order valence-electron chi connectivity index (χ2n) is 7.93. The standard InChI is InChI=1S/C20H27N5O7S2/c1-3-32-20(28)23-6-4-22(5-7-23)15(26)12-24-13-21-18-16(19(24)27)17(14(2)33-18)34(29,30)25-8-10-31-11-9-25/h13H,3-12H2,1-2H3. The molecular formula is C20H27N5O7S2. The van der Waals surface area contributed by atoms with Crippen molar-refractivity contribution in [1.29, 1.82) is 0 Å². The van der Waals surface area contributed by atoms with Crippen LogP contribution in [0, 0.1) is 6.92 Å². The van der Waals surface area contributed by atoms with E-state index in [4.69, 9.17) is 9.47 Å². The van der Waals surface area contributed by atoms with Gasteiger partial charge in [0.05, 0.1) is 31.5 Å². The number of piperazine rings is 1. The fraction of sp³-hybridized carbons (Fsp3) is 0.600. The predicted molar refractivity (Wildman–Crippen MR) is 123 cm³/mol. The number of hydrogen-bond donors (Lipinski definition) is 0. The van der Waals surface area contributed by atoms with Crippen molar-refractivity contribution in [2.24, 2.45) is 0 Å². The van der Waals surface area contributed by atoms with Crippen LogP contribution < -0.4 is 5.56 Å². The summed E-state index contributed by atoms with van der Waals surface area (Å²) in [7, 11) is -3.92. The Labute approximate surface area is 200 Å². The molecule has 0 spiro atoms. The molecule has 0 atom stereocenters. The van der Waals surface area contributed by atoms with E-state index in [0.29, 0.717) is 49.1 Å². The number of nitrogens with zero attached hydrogens (tertiary/aromatic N) is 5. The number of ether oxygens (including phenoxy) is 2. The van der Waals surface area contributed by atoms with E-state index in [2.05, 4.69) is 4.98 Å². The summed E-state index contributed by atoms with van der Waals surface area (Å²) in [5.41, 5.74) is -0.570. The third-order valence-electron chi connectivity index (χ3n) is 5.83. The summed E-state index contributed by atoms with van der Waals surface area (Å²) in [6.07, 6.45) is 0.862. The van der Waals surface area contributed by atoms with Crippen LogP contribution in [0.4, 0.5) is 4.79 Å². The van der Waals surface area contributed by atoms with Gasteiger partial charge in [-0.15, -0.1) is 11.3 Å². The number of rotatable bonds is 5. The minimum absolute atomic E-state index is 0.0106. The summed E-state index contributed by atoms with van der Waals surface area (Å²) in [4.78, 5) is 46.1. The number of hydrogen-bond acceptors (Lipinski definition) is 9. The first kappa shape index (κ1) is 24.6. The summed E-state index contributed by atoms with van der Waals surface area (Å²) in [6, 6.07) is 0. The molecule has 12 nitrogen and oxygen atoms in total. The summed E-state index contributed by atoms with van der Waals surface area (Å²) < 4.78 is 39.4. The Bertz CT molecular complexity index is 1240. The SMILES string of the molecule is CCOC(=O)N1CCN(C(=O)Cn2cnc3sc(C)c(S(=O)(=O)N4CCOCC4)c3c2=O)CC1. The van der Waals surface area contributed by atoms with Crippen LogP contribution in [0.15, 0.2) is 16.0 Å². The lowest BCUT2D eigenvalue weighted by Crippen LogP contribution is -2.51. The highest BCUT2D eigenvalue weighted by atomic mass is 32.2. The van der Waals surface area contributed by atoms with Crippen LogP contribution in [0.25, 0.3) is 10.2 Å². The number of morpholine rings is 1. The van der Waals surface area contributed by atoms with Gasteiger partial charge in [0.25, 0.3) is 5.56 Å². The number of thiophene rings is 1. The van der Waals surface area contributed by atoms with Crippen molar-refractivity contribution >= 4 is 43.6 Å². The van der Waals surface area contributed by atoms with Gasteiger partial charge in [0.1, 0.15) is 16.3 Å². The van der Waals surface area contributed by atoms with Gasteiger partial charge in [-0.05, 0) is 13.8 Å². The maximum Gasteiger partial charge on any atom is 0.409 e. The van der Waals surface area contributed by atoms with Gasteiger partial charge in [0.2, 0.25) is 15.9 Å². The number of aromatic nitrogens is 2. The Morgan fingerprint density at radius 1 is 1.12 bits per heavy atom. The summed E-state index contributed by atoms with van der Waals surface area (Å²) in [6.45, 7) is 5.70. The molecule has 0 saturated carbocycles. The van der Waals surface area contributed by atoms with E-state index in [9.17, 15) is 22.8 Å². The van der Waals surface area contributed by atoms with Crippen molar-refractivity contribution in [1.82, 2.24) is 23.7 Å². The molecular weight excluding hydrogens is 486 g/mol. The molecule has 2 fully saturated rings. The predicted octanol–water partition coefficient (Wildman–Crippen LogP) is 0.0880. The molecule has 0 bridgehead atoms. The molecule has 14 heteroatoms. The quantitative estimate of drug-likeness (QED) is 0.550. The molecule has 34 heavy (non-hydrogen) atoms. The van der Waals surface area contributed by atoms with Crippen LogP contribution in [0.3, 0.4) is 0 Å². The number of carbonyl (C=O) groups is 2. The van der Waals surface area contributed by atoms with Crippen LogP contribution in [0.5, 0.6) is 0 Å². The molecule has 0 unspecified atom stereocenters. The van der Waals surface area contributed by atoms with Crippen LogP contribution >= 0.6 is 11.3 Å². The van der Waals surface area contributed by atoms with E-state index in [-0.39, 0.29) is 42.4 Å². The molecule has 2 aromatic heterocycles. The molecule has 4 rings (SSSR count). The van der Waals surface area contributed by atoms with Crippen LogP contribution in [-0.2, 0) is 30.8 Å². The van der Waals surface area contributed by atoms with Crippen LogP contribution in [0.1, 0.15) is 11.8 Å². The highest BCUT2D eigenvalue weighted by Gasteiger charge is 2.33. The fourth-order valence-electron chi connectivity index (χ4n) is 4.05. The smallest absolute Gasteiger partial charge is 0.409 e. The van der Waals surface area contributed by atoms with Crippen molar-refractivity contribution in [3.05, 3.63) is 21.6 Å². The van der Waals surface area contributed by atoms with Crippen molar-refractivity contribution in [3.8, 4) is 0 Å². The lowest BCUT2D eigenvalue weighted by molar-refractivity contribution is -0.133. The normalized spacial score (nSPS) is 17.8. The first-order valence-corrected chi connectivity index (χ1v) is 13.3. The Hall–Kier alpha value is -2.55. The van der Waals surface area contributed by atoms with Crippen molar-refractivity contribution in [2.45, 2.75) is 25.3 Å². The average molecular weight is 514 g/mol. The average Bonchev–Trinajstić information content (AvgIpc) is 3.19. The zero-order valence-electron chi connectivity index (χ0n) is 19.1. The van der Waals surface area contributed by atoms with Crippen molar-refractivity contribution in [2.75, 3.05) is 59.1 Å². The topological polar surface area (TPSA) is 131 Å². The number of aryl methyl sites for hydroxylation is 1. The third kappa shape index (κ3) is 4.67. The van der Waals surface area contributed by atoms with Gasteiger partial charge in [-0.25, -0.2) is 18.2 Å². The number of amides is 2. The largest absolute Gasteiger partial charge is 0.450 e. The van der Waals surface area contributed by atoms with Gasteiger partial charge in [-0.2, -0.15) is 4.31 Å². The molecule has 0 aliphatic carbocycles. The van der Waals surface area contributed by atoms with Crippen LogP contribution in [-0.4, -0.2) is 103 Å². The summed E-state index contributed by atoms with van der Waals surface area (Å²) >= 11 is 1.14. The lowest BCUT2D eigenvalue weighted by Gasteiger charge is -2.34. The zero-order valence-corrected chi connectivity index (χ0v) is 20.7. The summed E-state index contributed by atoms with van der Waals surface area (Å²) in [5.74, 6) is -0.309. The molecule has 4 heterocycles. The number of sulfonamides is 1. The van der Waals surface area contributed by atoms with E-state index in [0.717, 1.165) is 15.9 Å². The van der Waals surface area contributed by atoms with E-state index in [1.807, 2.05) is 0 Å². The maximum absolute atomic E-state index is 13.3. The number of carbonyl (C=O) groups excluding carboxylic acids is 2. The minimum atomic E-state index is -3.92. The second-order valence-corrected chi connectivity index (χ2v) is 11.0. The molecule has 2 amide bonds. The first-order valence-electron chi connectivity index (χ1n) is 11.0. The van der Waals surface area contributed by atoms with Gasteiger partial charge >= 0.3 is 6.09 Å². The Kier molecular flexibility index (Phi) is 7.21. The van der Waals surface area contributed by atoms with Gasteiger partial charge in [-0.1, -0.05) is 0 Å². The van der Waals surface area contributed by atoms with Crippen molar-refractivity contribution in [3.63, 3.8) is 0 Å². The molecule has 2 aliphatic rings. The maximum atomic E-state index is 13.3. The highest BCUT2D eigenvalue weighted by Crippen LogP contribution is 2.33. The third-order valence-corrected chi connectivity index (χ3v) is 9.05. The Balaban J connectivity index is 1.56. The monoisotopic (exact) mass is 513 g/mol. The highest BCUT2D eigenvalue weighted by molar-refractivity contribution is 7.89. The Morgan fingerprint density at radius 2 is 1.76 bits per heavy atom. The molecule has 0 aromatic carbocycles. The van der Waals surface area contributed by atoms with E-state index >= 15 is 0 Å². The molecule has 0 radical (unpaired) electrons. The molecule has 2 saturated heterocycles. The second kappa shape index (κ2) is 9.98. The molecule has 186 valence electrons. The van der Waals surface area contributed by atoms with Gasteiger partial charge < -0.3 is 19.3 Å². The first-order chi connectivity index (χ1) is 16.2. The van der Waals surface area contributed by atoms with Gasteiger partial charge in [0, 0.05) is 44.1 Å². The zero-order chi connectivity index (χ0) is 24.5. The van der Waals surface area contributed by atoms with E-state index < -0.39 is 21.7 Å². The van der Waals surface area contributed by atoms with Crippen molar-refractivity contribution < 1.29 is 27.5 Å². The number of fused-ring (bicyclic) bond motifs is 1.